The second-order valence-electron chi connectivity index (χ2n) is 8.83. The van der Waals surface area contributed by atoms with E-state index in [-0.39, 0.29) is 5.91 Å². The first kappa shape index (κ1) is 22.2. The predicted octanol–water partition coefficient (Wildman–Crippen LogP) is 5.66. The van der Waals surface area contributed by atoms with Gasteiger partial charge in [0.1, 0.15) is 0 Å². The number of hydrogen-bond donors (Lipinski definition) is 1. The van der Waals surface area contributed by atoms with E-state index in [1.54, 1.807) is 6.92 Å². The van der Waals surface area contributed by atoms with Crippen LogP contribution in [0.3, 0.4) is 0 Å². The molecule has 1 aromatic carbocycles. The maximum Gasteiger partial charge on any atom is 0.219 e. The summed E-state index contributed by atoms with van der Waals surface area (Å²) in [5.41, 5.74) is 6.76. The van der Waals surface area contributed by atoms with E-state index in [0.29, 0.717) is 6.54 Å². The maximum absolute atomic E-state index is 12.0. The first-order chi connectivity index (χ1) is 14.4. The monoisotopic (exact) mass is 407 g/mol. The molecule has 0 atom stereocenters. The van der Waals surface area contributed by atoms with Gasteiger partial charge in [0, 0.05) is 62.7 Å². The lowest BCUT2D eigenvalue weighted by Gasteiger charge is -2.35. The summed E-state index contributed by atoms with van der Waals surface area (Å²) in [6.07, 6.45) is 6.95. The number of nitrogens with one attached hydrogen (secondary N) is 1. The number of carbonyl (C=O) groups is 1. The zero-order valence-corrected chi connectivity index (χ0v) is 19.0. The summed E-state index contributed by atoms with van der Waals surface area (Å²) < 4.78 is 0. The zero-order valence-electron chi connectivity index (χ0n) is 19.0. The van der Waals surface area contributed by atoms with Gasteiger partial charge in [-0.1, -0.05) is 38.6 Å². The fraction of sp³-hybridized carbons (Fsp3) is 0.500. The van der Waals surface area contributed by atoms with Crippen LogP contribution < -0.4 is 5.32 Å². The van der Waals surface area contributed by atoms with Crippen molar-refractivity contribution in [3.05, 3.63) is 60.0 Å². The molecule has 1 aromatic rings. The molecule has 3 rings (SSSR count). The number of nitrogens with zero attached hydrogens (tertiary/aromatic N) is 2. The van der Waals surface area contributed by atoms with Gasteiger partial charge < -0.3 is 15.1 Å². The van der Waals surface area contributed by atoms with E-state index >= 15 is 0 Å². The standard InChI is InChI=1S/C26H37N3O/c1-6-7-8-19(2)23-11-13-24(14-12-23)27-20(3)25-18-29(21(4)30)16-15-26(25)28(5)17-22-9-10-22/h11-14,22,27H,2-3,6-10,15-18H2,1,4-5H3. The fourth-order valence-electron chi connectivity index (χ4n) is 4.08. The third-order valence-electron chi connectivity index (χ3n) is 6.24. The minimum atomic E-state index is 0.124. The van der Waals surface area contributed by atoms with Gasteiger partial charge in [-0.05, 0) is 54.9 Å². The zero-order chi connectivity index (χ0) is 21.7. The Morgan fingerprint density at radius 1 is 1.23 bits per heavy atom. The molecule has 0 spiro atoms. The third kappa shape index (κ3) is 5.78. The van der Waals surface area contributed by atoms with Crippen molar-refractivity contribution in [2.24, 2.45) is 5.92 Å². The first-order valence-electron chi connectivity index (χ1n) is 11.3. The lowest BCUT2D eigenvalue weighted by molar-refractivity contribution is -0.128. The van der Waals surface area contributed by atoms with E-state index in [1.807, 2.05) is 4.90 Å². The molecule has 0 radical (unpaired) electrons. The number of unbranched alkanes of at least 4 members (excludes halogenated alkanes) is 1. The number of benzene rings is 1. The molecule has 0 bridgehead atoms. The van der Waals surface area contributed by atoms with Gasteiger partial charge in [0.15, 0.2) is 0 Å². The van der Waals surface area contributed by atoms with Crippen LogP contribution in [0.4, 0.5) is 5.69 Å². The Kier molecular flexibility index (Phi) is 7.41. The molecule has 0 aromatic heterocycles. The van der Waals surface area contributed by atoms with Crippen molar-refractivity contribution in [1.29, 1.82) is 0 Å². The normalized spacial score (nSPS) is 16.4. The van der Waals surface area contributed by atoms with Gasteiger partial charge >= 0.3 is 0 Å². The van der Waals surface area contributed by atoms with E-state index in [9.17, 15) is 4.79 Å². The predicted molar refractivity (Wildman–Crippen MR) is 127 cm³/mol. The molecule has 162 valence electrons. The van der Waals surface area contributed by atoms with Crippen molar-refractivity contribution in [3.8, 4) is 0 Å². The van der Waals surface area contributed by atoms with Crippen molar-refractivity contribution in [3.63, 3.8) is 0 Å². The molecule has 1 saturated carbocycles. The van der Waals surface area contributed by atoms with Crippen LogP contribution in [0.15, 0.2) is 54.4 Å². The topological polar surface area (TPSA) is 35.6 Å². The number of carbonyl (C=O) groups excluding carboxylic acids is 1. The van der Waals surface area contributed by atoms with E-state index in [2.05, 4.69) is 61.6 Å². The second-order valence-corrected chi connectivity index (χ2v) is 8.83. The molecule has 1 amide bonds. The van der Waals surface area contributed by atoms with Gasteiger partial charge in [-0.15, -0.1) is 0 Å². The summed E-state index contributed by atoms with van der Waals surface area (Å²) in [4.78, 5) is 16.3. The van der Waals surface area contributed by atoms with E-state index in [4.69, 9.17) is 0 Å². The van der Waals surface area contributed by atoms with Gasteiger partial charge in [-0.25, -0.2) is 0 Å². The number of amides is 1. The van der Waals surface area contributed by atoms with Gasteiger partial charge in [-0.3, -0.25) is 4.79 Å². The summed E-state index contributed by atoms with van der Waals surface area (Å²) in [6, 6.07) is 8.45. The third-order valence-corrected chi connectivity index (χ3v) is 6.24. The van der Waals surface area contributed by atoms with Crippen molar-refractivity contribution < 1.29 is 4.79 Å². The second kappa shape index (κ2) is 10.0. The van der Waals surface area contributed by atoms with Crippen LogP contribution in [0, 0.1) is 5.92 Å². The molecule has 0 saturated heterocycles. The fourth-order valence-corrected chi connectivity index (χ4v) is 4.08. The largest absolute Gasteiger partial charge is 0.377 e. The summed E-state index contributed by atoms with van der Waals surface area (Å²) in [6.45, 7) is 14.9. The highest BCUT2D eigenvalue weighted by molar-refractivity contribution is 5.74. The highest BCUT2D eigenvalue weighted by Crippen LogP contribution is 2.33. The molecule has 1 fully saturated rings. The molecular weight excluding hydrogens is 370 g/mol. The Morgan fingerprint density at radius 3 is 2.53 bits per heavy atom. The lowest BCUT2D eigenvalue weighted by atomic mass is 10.0. The van der Waals surface area contributed by atoms with Gasteiger partial charge in [0.25, 0.3) is 0 Å². The Balaban J connectivity index is 1.73. The van der Waals surface area contributed by atoms with Crippen molar-refractivity contribution in [1.82, 2.24) is 9.80 Å². The van der Waals surface area contributed by atoms with Crippen LogP contribution in [-0.2, 0) is 4.79 Å². The van der Waals surface area contributed by atoms with Crippen LogP contribution in [-0.4, -0.2) is 42.4 Å². The highest BCUT2D eigenvalue weighted by Gasteiger charge is 2.28. The molecule has 4 heteroatoms. The van der Waals surface area contributed by atoms with Crippen LogP contribution in [0.1, 0.15) is 57.9 Å². The molecule has 1 aliphatic carbocycles. The van der Waals surface area contributed by atoms with Crippen molar-refractivity contribution >= 4 is 17.2 Å². The number of hydrogen-bond acceptors (Lipinski definition) is 3. The smallest absolute Gasteiger partial charge is 0.219 e. The van der Waals surface area contributed by atoms with Crippen LogP contribution in [0.2, 0.25) is 0 Å². The Morgan fingerprint density at radius 2 is 1.93 bits per heavy atom. The number of anilines is 1. The Hall–Kier alpha value is -2.49. The van der Waals surface area contributed by atoms with E-state index in [1.165, 1.54) is 42.5 Å². The van der Waals surface area contributed by atoms with Crippen molar-refractivity contribution in [2.75, 3.05) is 32.0 Å². The summed E-state index contributed by atoms with van der Waals surface area (Å²) >= 11 is 0. The molecule has 2 aliphatic rings. The molecule has 1 N–H and O–H groups in total. The number of rotatable bonds is 10. The summed E-state index contributed by atoms with van der Waals surface area (Å²) in [5, 5.41) is 3.49. The van der Waals surface area contributed by atoms with Crippen LogP contribution in [0.25, 0.3) is 5.57 Å². The van der Waals surface area contributed by atoms with Gasteiger partial charge in [-0.2, -0.15) is 0 Å². The van der Waals surface area contributed by atoms with Gasteiger partial charge in [0.05, 0.1) is 0 Å². The average molecular weight is 408 g/mol. The van der Waals surface area contributed by atoms with E-state index in [0.717, 1.165) is 48.8 Å². The molecule has 30 heavy (non-hydrogen) atoms. The average Bonchev–Trinajstić information content (AvgIpc) is 3.55. The first-order valence-corrected chi connectivity index (χ1v) is 11.3. The Labute approximate surface area is 182 Å². The molecule has 1 aliphatic heterocycles. The molecular formula is C26H37N3O. The number of allylic oxidation sites excluding steroid dienone is 1. The van der Waals surface area contributed by atoms with E-state index < -0.39 is 0 Å². The van der Waals surface area contributed by atoms with Crippen LogP contribution >= 0.6 is 0 Å². The summed E-state index contributed by atoms with van der Waals surface area (Å²) in [7, 11) is 2.18. The highest BCUT2D eigenvalue weighted by atomic mass is 16.2. The van der Waals surface area contributed by atoms with Crippen LogP contribution in [0.5, 0.6) is 0 Å². The Bertz CT molecular complexity index is 817. The maximum atomic E-state index is 12.0. The molecule has 0 unspecified atom stereocenters. The SMILES string of the molecule is C=C(Nc1ccc(C(=C)CCCC)cc1)C1=C(N(C)CC2CC2)CCN(C(C)=O)C1. The lowest BCUT2D eigenvalue weighted by Crippen LogP contribution is -2.39. The van der Waals surface area contributed by atoms with Crippen molar-refractivity contribution in [2.45, 2.75) is 52.4 Å². The summed E-state index contributed by atoms with van der Waals surface area (Å²) in [5.74, 6) is 0.948. The van der Waals surface area contributed by atoms with Gasteiger partial charge in [0.2, 0.25) is 5.91 Å². The minimum Gasteiger partial charge on any atom is -0.377 e. The molecule has 1 heterocycles. The molecule has 4 nitrogen and oxygen atoms in total. The minimum absolute atomic E-state index is 0.124. The quantitative estimate of drug-likeness (QED) is 0.543.